The van der Waals surface area contributed by atoms with Crippen molar-refractivity contribution in [3.8, 4) is 0 Å². The van der Waals surface area contributed by atoms with E-state index in [2.05, 4.69) is 11.5 Å². The molecule has 0 radical (unpaired) electrons. The van der Waals surface area contributed by atoms with Gasteiger partial charge in [0.15, 0.2) is 12.1 Å². The molecule has 0 heterocycles. The maximum absolute atomic E-state index is 11.9. The van der Waals surface area contributed by atoms with Gasteiger partial charge in [-0.15, -0.1) is 0 Å². The maximum Gasteiger partial charge on any atom is 0.365 e. The van der Waals surface area contributed by atoms with Crippen molar-refractivity contribution in [3.63, 3.8) is 0 Å². The molecule has 0 bridgehead atoms. The average molecular weight is 391 g/mol. The third kappa shape index (κ3) is 8.79. The van der Waals surface area contributed by atoms with E-state index in [0.29, 0.717) is 12.8 Å². The SMILES string of the molecule is C.C.[NH3+][C@@H](Cc1ccccc1)C(=O)OCCOC(=O)[C@@H]([NH3+])Cc1ccccc1. The first-order valence-corrected chi connectivity index (χ1v) is 8.63. The highest BCUT2D eigenvalue weighted by atomic mass is 16.6. The number of ether oxygens (including phenoxy) is 2. The molecule has 2 atom stereocenters. The second-order valence-electron chi connectivity index (χ2n) is 6.11. The number of benzene rings is 2. The van der Waals surface area contributed by atoms with Gasteiger partial charge in [0, 0.05) is 12.8 Å². The Balaban J connectivity index is 0.00000364. The Morgan fingerprint density at radius 3 is 1.32 bits per heavy atom. The molecule has 28 heavy (non-hydrogen) atoms. The number of carbonyl (C=O) groups excluding carboxylic acids is 2. The fourth-order valence-electron chi connectivity index (χ4n) is 2.48. The fourth-order valence-corrected chi connectivity index (χ4v) is 2.48. The van der Waals surface area contributed by atoms with Crippen molar-refractivity contribution in [2.75, 3.05) is 13.2 Å². The number of hydrogen-bond donors (Lipinski definition) is 2. The summed E-state index contributed by atoms with van der Waals surface area (Å²) in [7, 11) is 0. The van der Waals surface area contributed by atoms with Crippen LogP contribution in [0.2, 0.25) is 0 Å². The first kappa shape index (κ1) is 25.3. The molecule has 2 aromatic rings. The first-order valence-electron chi connectivity index (χ1n) is 8.63. The normalized spacial score (nSPS) is 11.9. The minimum atomic E-state index is -0.494. The second-order valence-corrected chi connectivity index (χ2v) is 6.11. The molecular formula is C22H34N2O4+2. The Labute approximate surface area is 167 Å². The molecule has 2 aromatic carbocycles. The summed E-state index contributed by atoms with van der Waals surface area (Å²) in [4.78, 5) is 23.9. The van der Waals surface area contributed by atoms with Gasteiger partial charge in [-0.05, 0) is 11.1 Å². The molecule has 0 unspecified atom stereocenters. The summed E-state index contributed by atoms with van der Waals surface area (Å²) in [6.07, 6.45) is 1.02. The van der Waals surface area contributed by atoms with Crippen molar-refractivity contribution in [2.45, 2.75) is 39.8 Å². The minimum absolute atomic E-state index is 0. The monoisotopic (exact) mass is 390 g/mol. The van der Waals surface area contributed by atoms with Crippen molar-refractivity contribution in [2.24, 2.45) is 0 Å². The first-order chi connectivity index (χ1) is 12.6. The van der Waals surface area contributed by atoms with E-state index in [1.165, 1.54) is 0 Å². The standard InChI is InChI=1S/C20H24N2O4.2CH4/c21-17(13-15-7-3-1-4-8-15)19(23)25-11-12-26-20(24)18(22)14-16-9-5-2-6-10-16;;/h1-10,17-18H,11-14,21-22H2;2*1H4/p+2/t17-,18-;;/m0../s1. The number of rotatable bonds is 9. The molecule has 6 N–H and O–H groups in total. The molecule has 2 rings (SSSR count). The molecule has 0 aliphatic heterocycles. The largest absolute Gasteiger partial charge is 0.458 e. The molecule has 0 saturated carbocycles. The van der Waals surface area contributed by atoms with Crippen LogP contribution < -0.4 is 11.5 Å². The predicted molar refractivity (Wildman–Crippen MR) is 109 cm³/mol. The summed E-state index contributed by atoms with van der Waals surface area (Å²) >= 11 is 0. The van der Waals surface area contributed by atoms with Crippen LogP contribution in [0.15, 0.2) is 60.7 Å². The van der Waals surface area contributed by atoms with Crippen molar-refractivity contribution in [3.05, 3.63) is 71.8 Å². The molecule has 154 valence electrons. The molecule has 0 spiro atoms. The van der Waals surface area contributed by atoms with E-state index in [4.69, 9.17) is 9.47 Å². The van der Waals surface area contributed by atoms with E-state index in [9.17, 15) is 9.59 Å². The van der Waals surface area contributed by atoms with Crippen LogP contribution in [0.25, 0.3) is 0 Å². The highest BCUT2D eigenvalue weighted by Gasteiger charge is 2.21. The molecule has 6 heteroatoms. The van der Waals surface area contributed by atoms with Crippen LogP contribution in [-0.4, -0.2) is 37.2 Å². The molecule has 6 nitrogen and oxygen atoms in total. The van der Waals surface area contributed by atoms with Gasteiger partial charge < -0.3 is 20.9 Å². The fraction of sp³-hybridized carbons (Fsp3) is 0.364. The number of hydrogen-bond acceptors (Lipinski definition) is 4. The Bertz CT molecular complexity index is 631. The number of quaternary nitrogens is 2. The third-order valence-corrected chi connectivity index (χ3v) is 3.89. The van der Waals surface area contributed by atoms with Gasteiger partial charge >= 0.3 is 11.9 Å². The van der Waals surface area contributed by atoms with Gasteiger partial charge in [0.05, 0.1) is 0 Å². The van der Waals surface area contributed by atoms with Gasteiger partial charge in [-0.3, -0.25) is 0 Å². The number of carbonyl (C=O) groups is 2. The van der Waals surface area contributed by atoms with Crippen molar-refractivity contribution in [1.29, 1.82) is 0 Å². The summed E-state index contributed by atoms with van der Waals surface area (Å²) in [5, 5.41) is 0. The van der Waals surface area contributed by atoms with E-state index in [0.717, 1.165) is 11.1 Å². The lowest BCUT2D eigenvalue weighted by atomic mass is 10.1. The van der Waals surface area contributed by atoms with E-state index >= 15 is 0 Å². The van der Waals surface area contributed by atoms with Crippen LogP contribution in [0.3, 0.4) is 0 Å². The lowest BCUT2D eigenvalue weighted by Gasteiger charge is -2.11. The summed E-state index contributed by atoms with van der Waals surface area (Å²) in [5.74, 6) is -0.805. The zero-order valence-corrected chi connectivity index (χ0v) is 14.8. The molecule has 0 fully saturated rings. The molecule has 0 aromatic heterocycles. The summed E-state index contributed by atoms with van der Waals surface area (Å²) < 4.78 is 10.3. The summed E-state index contributed by atoms with van der Waals surface area (Å²) in [6, 6.07) is 18.3. The summed E-state index contributed by atoms with van der Waals surface area (Å²) in [6.45, 7) is 0.0346. The zero-order chi connectivity index (χ0) is 18.8. The molecule has 0 aliphatic carbocycles. The molecule has 0 saturated heterocycles. The summed E-state index contributed by atoms with van der Waals surface area (Å²) in [5.41, 5.74) is 9.71. The van der Waals surface area contributed by atoms with Gasteiger partial charge in [0.1, 0.15) is 13.2 Å². The van der Waals surface area contributed by atoms with Gasteiger partial charge in [-0.1, -0.05) is 75.5 Å². The van der Waals surface area contributed by atoms with Crippen LogP contribution in [0.1, 0.15) is 26.0 Å². The second kappa shape index (κ2) is 13.5. The minimum Gasteiger partial charge on any atom is -0.458 e. The molecular weight excluding hydrogens is 356 g/mol. The highest BCUT2D eigenvalue weighted by Crippen LogP contribution is 2.03. The van der Waals surface area contributed by atoms with Gasteiger partial charge in [0.25, 0.3) is 0 Å². The maximum atomic E-state index is 11.9. The highest BCUT2D eigenvalue weighted by molar-refractivity contribution is 5.75. The van der Waals surface area contributed by atoms with E-state index in [1.54, 1.807) is 0 Å². The zero-order valence-electron chi connectivity index (χ0n) is 14.8. The topological polar surface area (TPSA) is 108 Å². The smallest absolute Gasteiger partial charge is 0.365 e. The quantitative estimate of drug-likeness (QED) is 0.493. The van der Waals surface area contributed by atoms with Gasteiger partial charge in [0.2, 0.25) is 0 Å². The van der Waals surface area contributed by atoms with E-state index in [1.807, 2.05) is 60.7 Å². The lowest BCUT2D eigenvalue weighted by Crippen LogP contribution is -2.66. The van der Waals surface area contributed by atoms with Crippen LogP contribution in [-0.2, 0) is 31.9 Å². The average Bonchev–Trinajstić information content (AvgIpc) is 2.66. The van der Waals surface area contributed by atoms with E-state index < -0.39 is 24.0 Å². The van der Waals surface area contributed by atoms with Crippen LogP contribution in [0, 0.1) is 0 Å². The van der Waals surface area contributed by atoms with E-state index in [-0.39, 0.29) is 28.1 Å². The van der Waals surface area contributed by atoms with Crippen LogP contribution in [0.5, 0.6) is 0 Å². The van der Waals surface area contributed by atoms with Crippen LogP contribution in [0.4, 0.5) is 0 Å². The lowest BCUT2D eigenvalue weighted by molar-refractivity contribution is -0.409. The Hall–Kier alpha value is -2.70. The Kier molecular flexibility index (Phi) is 12.2. The van der Waals surface area contributed by atoms with Crippen molar-refractivity contribution in [1.82, 2.24) is 0 Å². The van der Waals surface area contributed by atoms with Crippen molar-refractivity contribution >= 4 is 11.9 Å². The van der Waals surface area contributed by atoms with Crippen LogP contribution >= 0.6 is 0 Å². The third-order valence-electron chi connectivity index (χ3n) is 3.89. The predicted octanol–water partition coefficient (Wildman–Crippen LogP) is 1.05. The van der Waals surface area contributed by atoms with Gasteiger partial charge in [-0.2, -0.15) is 0 Å². The molecule has 0 amide bonds. The Morgan fingerprint density at radius 2 is 1.00 bits per heavy atom. The number of esters is 2. The Morgan fingerprint density at radius 1 is 0.679 bits per heavy atom. The molecule has 0 aliphatic rings. The van der Waals surface area contributed by atoms with Gasteiger partial charge in [-0.25, -0.2) is 9.59 Å². The van der Waals surface area contributed by atoms with Crippen molar-refractivity contribution < 1.29 is 30.5 Å².